The minimum atomic E-state index is -4.61. The number of hydrogen-bond donors (Lipinski definition) is 1. The Morgan fingerprint density at radius 3 is 2.55 bits per heavy atom. The number of rotatable bonds is 3. The third-order valence-electron chi connectivity index (χ3n) is 5.03. The number of hydrogen-bond acceptors (Lipinski definition) is 6. The van der Waals surface area contributed by atoms with Crippen molar-refractivity contribution in [2.24, 2.45) is 7.05 Å². The minimum Gasteiger partial charge on any atom is -0.434 e. The van der Waals surface area contributed by atoms with Crippen molar-refractivity contribution >= 4 is 16.9 Å². The zero-order valence-corrected chi connectivity index (χ0v) is 16.9. The normalized spacial score (nSPS) is 11.9. The van der Waals surface area contributed by atoms with E-state index in [9.17, 15) is 17.6 Å². The molecule has 33 heavy (non-hydrogen) atoms. The third-order valence-corrected chi connectivity index (χ3v) is 5.03. The van der Waals surface area contributed by atoms with E-state index in [-0.39, 0.29) is 22.9 Å². The second kappa shape index (κ2) is 7.40. The lowest BCUT2D eigenvalue weighted by Gasteiger charge is -2.11. The predicted octanol–water partition coefficient (Wildman–Crippen LogP) is 5.09. The van der Waals surface area contributed by atoms with Gasteiger partial charge in [0.25, 0.3) is 0 Å². The van der Waals surface area contributed by atoms with Crippen molar-refractivity contribution in [3.8, 4) is 34.1 Å². The molecule has 5 aromatic rings. The van der Waals surface area contributed by atoms with Gasteiger partial charge in [0.1, 0.15) is 34.7 Å². The molecule has 5 rings (SSSR count). The highest BCUT2D eigenvalue weighted by molar-refractivity contribution is 5.84. The zero-order chi connectivity index (χ0) is 23.3. The second-order valence-electron chi connectivity index (χ2n) is 7.29. The molecule has 0 aliphatic rings. The summed E-state index contributed by atoms with van der Waals surface area (Å²) in [6, 6.07) is 10.8. The molecule has 0 fully saturated rings. The molecule has 7 nitrogen and oxygen atoms in total. The van der Waals surface area contributed by atoms with Crippen molar-refractivity contribution < 1.29 is 22.0 Å². The summed E-state index contributed by atoms with van der Waals surface area (Å²) in [6.45, 7) is 0. The van der Waals surface area contributed by atoms with E-state index in [2.05, 4.69) is 20.2 Å². The van der Waals surface area contributed by atoms with Gasteiger partial charge in [0.2, 0.25) is 5.89 Å². The van der Waals surface area contributed by atoms with Crippen LogP contribution in [0, 0.1) is 5.82 Å². The fourth-order valence-electron chi connectivity index (χ4n) is 3.58. The van der Waals surface area contributed by atoms with Crippen molar-refractivity contribution in [3.63, 3.8) is 0 Å². The molecule has 0 radical (unpaired) electrons. The van der Waals surface area contributed by atoms with E-state index in [0.29, 0.717) is 22.5 Å². The fraction of sp³-hybridized carbons (Fsp3) is 0.0909. The van der Waals surface area contributed by atoms with Crippen LogP contribution in [0.4, 0.5) is 23.4 Å². The molecule has 0 atom stereocenters. The highest BCUT2D eigenvalue weighted by Gasteiger charge is 2.34. The lowest BCUT2D eigenvalue weighted by molar-refractivity contribution is -0.136. The number of oxazole rings is 1. The molecule has 0 saturated heterocycles. The van der Waals surface area contributed by atoms with E-state index in [1.165, 1.54) is 30.6 Å². The molecule has 0 unspecified atom stereocenters. The molecule has 0 saturated carbocycles. The Balaban J connectivity index is 1.68. The fourth-order valence-corrected chi connectivity index (χ4v) is 3.58. The standard InChI is InChI=1S/C22H14F4N6O/c1-32-10-28-31-20(32)14-9-12(23)5-6-13(14)11-7-17(29-18(27)8-11)21-30-16-4-2-3-15(19(16)33-21)22(24,25)26/h2-10H,1H3,(H2,27,29). The Morgan fingerprint density at radius 1 is 1.00 bits per heavy atom. The van der Waals surface area contributed by atoms with E-state index >= 15 is 0 Å². The van der Waals surface area contributed by atoms with Crippen LogP contribution in [0.1, 0.15) is 5.56 Å². The van der Waals surface area contributed by atoms with Gasteiger partial charge in [-0.25, -0.2) is 14.4 Å². The Morgan fingerprint density at radius 2 is 1.82 bits per heavy atom. The topological polar surface area (TPSA) is 95.7 Å². The minimum absolute atomic E-state index is 0.0344. The Bertz CT molecular complexity index is 1500. The van der Waals surface area contributed by atoms with Gasteiger partial charge in [0, 0.05) is 12.6 Å². The van der Waals surface area contributed by atoms with E-state index in [1.807, 2.05) is 0 Å². The van der Waals surface area contributed by atoms with Crippen molar-refractivity contribution in [2.45, 2.75) is 6.18 Å². The Labute approximate surface area is 183 Å². The summed E-state index contributed by atoms with van der Waals surface area (Å²) in [5.41, 5.74) is 6.35. The number of nitrogens with zero attached hydrogens (tertiary/aromatic N) is 5. The average molecular weight is 454 g/mol. The summed E-state index contributed by atoms with van der Waals surface area (Å²) in [5, 5.41) is 7.87. The summed E-state index contributed by atoms with van der Waals surface area (Å²) < 4.78 is 61.2. The number of halogens is 4. The zero-order valence-electron chi connectivity index (χ0n) is 16.9. The van der Waals surface area contributed by atoms with Gasteiger partial charge in [-0.15, -0.1) is 10.2 Å². The molecule has 11 heteroatoms. The monoisotopic (exact) mass is 454 g/mol. The number of fused-ring (bicyclic) bond motifs is 1. The molecule has 0 bridgehead atoms. The largest absolute Gasteiger partial charge is 0.434 e. The molecule has 0 spiro atoms. The quantitative estimate of drug-likeness (QED) is 0.382. The van der Waals surface area contributed by atoms with Gasteiger partial charge in [0.05, 0.1) is 0 Å². The van der Waals surface area contributed by atoms with Gasteiger partial charge in [-0.05, 0) is 47.5 Å². The van der Waals surface area contributed by atoms with Gasteiger partial charge >= 0.3 is 6.18 Å². The van der Waals surface area contributed by atoms with Crippen LogP contribution in [-0.2, 0) is 13.2 Å². The predicted molar refractivity (Wildman–Crippen MR) is 112 cm³/mol. The van der Waals surface area contributed by atoms with Crippen LogP contribution in [0.15, 0.2) is 59.3 Å². The maximum atomic E-state index is 14.1. The van der Waals surface area contributed by atoms with E-state index in [0.717, 1.165) is 6.07 Å². The number of benzene rings is 2. The van der Waals surface area contributed by atoms with Crippen LogP contribution < -0.4 is 5.73 Å². The maximum absolute atomic E-state index is 14.1. The van der Waals surface area contributed by atoms with E-state index < -0.39 is 23.1 Å². The number of anilines is 1. The number of aryl methyl sites for hydroxylation is 1. The first-order chi connectivity index (χ1) is 15.7. The molecule has 3 aromatic heterocycles. The van der Waals surface area contributed by atoms with Crippen LogP contribution in [0.25, 0.3) is 45.2 Å². The van der Waals surface area contributed by atoms with E-state index in [1.54, 1.807) is 29.8 Å². The SMILES string of the molecule is Cn1cnnc1-c1cc(F)ccc1-c1cc(N)nc(-c2nc3cccc(C(F)(F)F)c3o2)c1. The average Bonchev–Trinajstić information content (AvgIpc) is 3.38. The lowest BCUT2D eigenvalue weighted by Crippen LogP contribution is -2.04. The Hall–Kier alpha value is -4.28. The van der Waals surface area contributed by atoms with Crippen molar-refractivity contribution in [1.82, 2.24) is 24.7 Å². The van der Waals surface area contributed by atoms with Crippen LogP contribution in [-0.4, -0.2) is 24.7 Å². The number of para-hydroxylation sites is 1. The summed E-state index contributed by atoms with van der Waals surface area (Å²) in [5.74, 6) is -0.109. The molecular formula is C22H14F4N6O. The van der Waals surface area contributed by atoms with Crippen LogP contribution in [0.3, 0.4) is 0 Å². The molecule has 0 amide bonds. The molecule has 166 valence electrons. The Kier molecular flexibility index (Phi) is 4.62. The van der Waals surface area contributed by atoms with Gasteiger partial charge in [-0.1, -0.05) is 12.1 Å². The lowest BCUT2D eigenvalue weighted by atomic mass is 9.98. The van der Waals surface area contributed by atoms with Gasteiger partial charge in [-0.2, -0.15) is 13.2 Å². The first kappa shape index (κ1) is 20.6. The van der Waals surface area contributed by atoms with Crippen molar-refractivity contribution in [1.29, 1.82) is 0 Å². The molecule has 0 aliphatic heterocycles. The van der Waals surface area contributed by atoms with Crippen LogP contribution >= 0.6 is 0 Å². The van der Waals surface area contributed by atoms with E-state index in [4.69, 9.17) is 10.2 Å². The number of nitrogen functional groups attached to an aromatic ring is 1. The molecule has 0 aliphatic carbocycles. The molecular weight excluding hydrogens is 440 g/mol. The first-order valence-electron chi connectivity index (χ1n) is 9.59. The van der Waals surface area contributed by atoms with Crippen LogP contribution in [0.2, 0.25) is 0 Å². The van der Waals surface area contributed by atoms with Gasteiger partial charge < -0.3 is 14.7 Å². The molecule has 2 N–H and O–H groups in total. The summed E-state index contributed by atoms with van der Waals surface area (Å²) in [7, 11) is 1.72. The van der Waals surface area contributed by atoms with Crippen LogP contribution in [0.5, 0.6) is 0 Å². The molecule has 3 heterocycles. The van der Waals surface area contributed by atoms with Gasteiger partial charge in [-0.3, -0.25) is 0 Å². The second-order valence-corrected chi connectivity index (χ2v) is 7.29. The highest BCUT2D eigenvalue weighted by Crippen LogP contribution is 2.38. The van der Waals surface area contributed by atoms with Crippen molar-refractivity contribution in [3.05, 3.63) is 66.2 Å². The summed E-state index contributed by atoms with van der Waals surface area (Å²) >= 11 is 0. The van der Waals surface area contributed by atoms with Gasteiger partial charge in [0.15, 0.2) is 11.4 Å². The third kappa shape index (κ3) is 3.67. The number of pyridine rings is 1. The first-order valence-corrected chi connectivity index (χ1v) is 9.59. The highest BCUT2D eigenvalue weighted by atomic mass is 19.4. The summed E-state index contributed by atoms with van der Waals surface area (Å²) in [6.07, 6.45) is -3.13. The summed E-state index contributed by atoms with van der Waals surface area (Å²) in [4.78, 5) is 8.34. The maximum Gasteiger partial charge on any atom is 0.420 e. The number of nitrogens with two attached hydrogens (primary N) is 1. The number of aromatic nitrogens is 5. The molecule has 2 aromatic carbocycles. The number of alkyl halides is 3. The smallest absolute Gasteiger partial charge is 0.420 e. The van der Waals surface area contributed by atoms with Crippen molar-refractivity contribution in [2.75, 3.05) is 5.73 Å².